The minimum Gasteiger partial charge on any atom is -0.493 e. The van der Waals surface area contributed by atoms with Crippen molar-refractivity contribution >= 4 is 56.5 Å². The van der Waals surface area contributed by atoms with Gasteiger partial charge in [0.05, 0.1) is 30.1 Å². The van der Waals surface area contributed by atoms with Gasteiger partial charge in [-0.25, -0.2) is 0 Å². The quantitative estimate of drug-likeness (QED) is 0.553. The highest BCUT2D eigenvalue weighted by Gasteiger charge is 2.35. The molecule has 0 aliphatic carbocycles. The fourth-order valence-corrected chi connectivity index (χ4v) is 4.30. The van der Waals surface area contributed by atoms with Crippen molar-refractivity contribution in [3.63, 3.8) is 0 Å². The Morgan fingerprint density at radius 1 is 1.19 bits per heavy atom. The summed E-state index contributed by atoms with van der Waals surface area (Å²) in [6.07, 6.45) is 1.66. The first kappa shape index (κ1) is 19.8. The fraction of sp³-hybridized carbons (Fsp3) is 0.158. The molecule has 8 heteroatoms. The lowest BCUT2D eigenvalue weighted by Crippen LogP contribution is -2.27. The molecule has 1 saturated heterocycles. The van der Waals surface area contributed by atoms with Crippen LogP contribution >= 0.6 is 39.3 Å². The third kappa shape index (κ3) is 4.31. The van der Waals surface area contributed by atoms with Gasteiger partial charge >= 0.3 is 0 Å². The molecular weight excluding hydrogens is 454 g/mol. The summed E-state index contributed by atoms with van der Waals surface area (Å²) in [5.41, 5.74) is 1.51. The molecule has 27 heavy (non-hydrogen) atoms. The van der Waals surface area contributed by atoms with E-state index in [2.05, 4.69) is 15.9 Å². The number of imide groups is 1. The standard InChI is InChI=1S/C19H15BrClNO4S/c1-25-15-8-12(7-14(20)17(15)26-2)9-16-18(23)22(19(24)27-16)10-11-4-3-5-13(21)6-11/h3-9H,10H2,1-2H3/b16-9-. The summed E-state index contributed by atoms with van der Waals surface area (Å²) < 4.78 is 11.3. The van der Waals surface area contributed by atoms with Gasteiger partial charge in [-0.15, -0.1) is 0 Å². The molecule has 2 amide bonds. The number of benzene rings is 2. The number of halogens is 2. The van der Waals surface area contributed by atoms with Crippen molar-refractivity contribution in [2.75, 3.05) is 14.2 Å². The van der Waals surface area contributed by atoms with Gasteiger partial charge in [0, 0.05) is 5.02 Å². The molecule has 1 aliphatic heterocycles. The van der Waals surface area contributed by atoms with Crippen molar-refractivity contribution < 1.29 is 19.1 Å². The summed E-state index contributed by atoms with van der Waals surface area (Å²) in [5, 5.41) is 0.246. The van der Waals surface area contributed by atoms with Crippen molar-refractivity contribution in [2.24, 2.45) is 0 Å². The zero-order valence-corrected chi connectivity index (χ0v) is 17.7. The number of rotatable bonds is 5. The Morgan fingerprint density at radius 3 is 2.63 bits per heavy atom. The number of methoxy groups -OCH3 is 2. The third-order valence-corrected chi connectivity index (χ3v) is 5.59. The number of hydrogen-bond acceptors (Lipinski definition) is 5. The first-order valence-electron chi connectivity index (χ1n) is 7.84. The van der Waals surface area contributed by atoms with Crippen molar-refractivity contribution in [3.05, 3.63) is 61.9 Å². The van der Waals surface area contributed by atoms with E-state index in [0.717, 1.165) is 17.3 Å². The predicted molar refractivity (Wildman–Crippen MR) is 110 cm³/mol. The van der Waals surface area contributed by atoms with Crippen LogP contribution in [0.2, 0.25) is 5.02 Å². The van der Waals surface area contributed by atoms with Gasteiger partial charge in [0.15, 0.2) is 11.5 Å². The second-order valence-corrected chi connectivity index (χ2v) is 7.92. The number of hydrogen-bond donors (Lipinski definition) is 0. The van der Waals surface area contributed by atoms with Crippen LogP contribution in [0.15, 0.2) is 45.8 Å². The van der Waals surface area contributed by atoms with E-state index < -0.39 is 0 Å². The van der Waals surface area contributed by atoms with E-state index in [-0.39, 0.29) is 17.7 Å². The third-order valence-electron chi connectivity index (χ3n) is 3.86. The van der Waals surface area contributed by atoms with E-state index >= 15 is 0 Å². The van der Waals surface area contributed by atoms with Crippen molar-refractivity contribution in [1.29, 1.82) is 0 Å². The number of amides is 2. The normalized spacial score (nSPS) is 15.6. The minimum atomic E-state index is -0.337. The van der Waals surface area contributed by atoms with Gasteiger partial charge in [0.2, 0.25) is 0 Å². The number of ether oxygens (including phenoxy) is 2. The second-order valence-electron chi connectivity index (χ2n) is 5.64. The maximum absolute atomic E-state index is 12.7. The molecule has 1 aliphatic rings. The van der Waals surface area contributed by atoms with E-state index in [9.17, 15) is 9.59 Å². The molecule has 0 N–H and O–H groups in total. The SMILES string of the molecule is COc1cc(/C=C2\SC(=O)N(Cc3cccc(Cl)c3)C2=O)cc(Br)c1OC. The Balaban J connectivity index is 1.87. The molecule has 0 radical (unpaired) electrons. The molecule has 0 aromatic heterocycles. The van der Waals surface area contributed by atoms with Gasteiger partial charge in [0.25, 0.3) is 11.1 Å². The molecular formula is C19H15BrClNO4S. The molecule has 3 rings (SSSR count). The van der Waals surface area contributed by atoms with Gasteiger partial charge < -0.3 is 9.47 Å². The van der Waals surface area contributed by atoms with Crippen molar-refractivity contribution in [1.82, 2.24) is 4.90 Å². The van der Waals surface area contributed by atoms with Crippen molar-refractivity contribution in [2.45, 2.75) is 6.54 Å². The van der Waals surface area contributed by atoms with E-state index in [1.807, 2.05) is 6.07 Å². The summed E-state index contributed by atoms with van der Waals surface area (Å²) in [6, 6.07) is 10.6. The summed E-state index contributed by atoms with van der Waals surface area (Å²) in [4.78, 5) is 26.5. The molecule has 5 nitrogen and oxygen atoms in total. The maximum atomic E-state index is 12.7. The lowest BCUT2D eigenvalue weighted by Gasteiger charge is -2.12. The maximum Gasteiger partial charge on any atom is 0.293 e. The molecule has 2 aromatic carbocycles. The smallest absolute Gasteiger partial charge is 0.293 e. The van der Waals surface area contributed by atoms with Gasteiger partial charge in [-0.1, -0.05) is 23.7 Å². The number of thioether (sulfide) groups is 1. The molecule has 2 aromatic rings. The topological polar surface area (TPSA) is 55.8 Å². The molecule has 0 atom stereocenters. The zero-order valence-electron chi connectivity index (χ0n) is 14.5. The molecule has 0 unspecified atom stereocenters. The summed E-state index contributed by atoms with van der Waals surface area (Å²) in [6.45, 7) is 0.179. The van der Waals surface area contributed by atoms with Gasteiger partial charge in [-0.2, -0.15) is 0 Å². The largest absolute Gasteiger partial charge is 0.493 e. The minimum absolute atomic E-state index is 0.179. The van der Waals surface area contributed by atoms with Crippen LogP contribution in [-0.4, -0.2) is 30.3 Å². The first-order chi connectivity index (χ1) is 12.9. The summed E-state index contributed by atoms with van der Waals surface area (Å²) in [7, 11) is 3.08. The molecule has 0 bridgehead atoms. The lowest BCUT2D eigenvalue weighted by atomic mass is 10.1. The first-order valence-corrected chi connectivity index (χ1v) is 9.83. The van der Waals surface area contributed by atoms with Gasteiger partial charge in [-0.3, -0.25) is 14.5 Å². The predicted octanol–water partition coefficient (Wildman–Crippen LogP) is 5.36. The van der Waals surface area contributed by atoms with Crippen LogP contribution in [0, 0.1) is 0 Å². The van der Waals surface area contributed by atoms with Crippen LogP contribution in [0.3, 0.4) is 0 Å². The summed E-state index contributed by atoms with van der Waals surface area (Å²) >= 11 is 10.3. The lowest BCUT2D eigenvalue weighted by molar-refractivity contribution is -0.123. The second kappa shape index (κ2) is 8.37. The van der Waals surface area contributed by atoms with Gasteiger partial charge in [0.1, 0.15) is 0 Å². The monoisotopic (exact) mass is 467 g/mol. The molecule has 0 spiro atoms. The highest BCUT2D eigenvalue weighted by molar-refractivity contribution is 9.10. The summed E-state index contributed by atoms with van der Waals surface area (Å²) in [5.74, 6) is 0.746. The van der Waals surface area contributed by atoms with Crippen LogP contribution in [0.1, 0.15) is 11.1 Å². The Morgan fingerprint density at radius 2 is 1.96 bits per heavy atom. The van der Waals surface area contributed by atoms with Crippen LogP contribution in [-0.2, 0) is 11.3 Å². The van der Waals surface area contributed by atoms with E-state index in [1.54, 1.807) is 43.5 Å². The number of nitrogens with zero attached hydrogens (tertiary/aromatic N) is 1. The molecule has 0 saturated carbocycles. The van der Waals surface area contributed by atoms with E-state index in [1.165, 1.54) is 12.0 Å². The van der Waals surface area contributed by atoms with E-state index in [0.29, 0.717) is 31.5 Å². The highest BCUT2D eigenvalue weighted by Crippen LogP contribution is 2.39. The van der Waals surface area contributed by atoms with Crippen LogP contribution < -0.4 is 9.47 Å². The van der Waals surface area contributed by atoms with E-state index in [4.69, 9.17) is 21.1 Å². The molecule has 1 fully saturated rings. The van der Waals surface area contributed by atoms with Crippen LogP contribution in [0.4, 0.5) is 4.79 Å². The molecule has 1 heterocycles. The van der Waals surface area contributed by atoms with Crippen LogP contribution in [0.25, 0.3) is 6.08 Å². The van der Waals surface area contributed by atoms with Gasteiger partial charge in [-0.05, 0) is 69.2 Å². The molecule has 140 valence electrons. The Kier molecular flexibility index (Phi) is 6.14. The number of carbonyl (C=O) groups excluding carboxylic acids is 2. The Bertz CT molecular complexity index is 947. The Hall–Kier alpha value is -1.96. The van der Waals surface area contributed by atoms with Crippen molar-refractivity contribution in [3.8, 4) is 11.5 Å². The zero-order chi connectivity index (χ0) is 19.6. The fourth-order valence-electron chi connectivity index (χ4n) is 2.63. The average Bonchev–Trinajstić information content (AvgIpc) is 2.88. The number of carbonyl (C=O) groups is 2. The van der Waals surface area contributed by atoms with Crippen LogP contribution in [0.5, 0.6) is 11.5 Å². The average molecular weight is 469 g/mol. The Labute approximate surface area is 174 Å². The highest BCUT2D eigenvalue weighted by atomic mass is 79.9.